The van der Waals surface area contributed by atoms with Crippen molar-refractivity contribution in [1.29, 1.82) is 0 Å². The maximum Gasteiger partial charge on any atom is 0.250 e. The molecule has 1 unspecified atom stereocenters. The van der Waals surface area contributed by atoms with E-state index in [2.05, 4.69) is 31.4 Å². The van der Waals surface area contributed by atoms with E-state index in [1.165, 1.54) is 0 Å². The predicted octanol–water partition coefficient (Wildman–Crippen LogP) is 5.01. The molecule has 0 saturated heterocycles. The van der Waals surface area contributed by atoms with Crippen molar-refractivity contribution in [1.82, 2.24) is 19.6 Å². The van der Waals surface area contributed by atoms with E-state index in [0.29, 0.717) is 22.4 Å². The van der Waals surface area contributed by atoms with E-state index in [1.807, 2.05) is 13.8 Å². The highest BCUT2D eigenvalue weighted by Crippen LogP contribution is 2.26. The Kier molecular flexibility index (Phi) is 5.93. The molecule has 2 heterocycles. The number of anilines is 1. The fourth-order valence-corrected chi connectivity index (χ4v) is 3.50. The average Bonchev–Trinajstić information content (AvgIpc) is 3.17. The molecule has 0 fully saturated rings. The van der Waals surface area contributed by atoms with Crippen LogP contribution in [0.15, 0.2) is 34.9 Å². The molecule has 27 heavy (non-hydrogen) atoms. The maximum atomic E-state index is 12.6. The number of nitrogens with zero attached hydrogens (tertiary/aromatic N) is 4. The Hall–Kier alpha value is -1.83. The first-order valence-corrected chi connectivity index (χ1v) is 9.81. The van der Waals surface area contributed by atoms with Crippen LogP contribution >= 0.6 is 39.1 Å². The molecule has 1 atom stereocenters. The van der Waals surface area contributed by atoms with Crippen molar-refractivity contribution in [3.8, 4) is 0 Å². The van der Waals surface area contributed by atoms with Crippen LogP contribution in [0.5, 0.6) is 0 Å². The van der Waals surface area contributed by atoms with Crippen molar-refractivity contribution < 1.29 is 4.79 Å². The maximum absolute atomic E-state index is 12.6. The van der Waals surface area contributed by atoms with Crippen LogP contribution in [-0.4, -0.2) is 25.5 Å². The monoisotopic (exact) mass is 469 g/mol. The van der Waals surface area contributed by atoms with Gasteiger partial charge in [0.15, 0.2) is 5.82 Å². The van der Waals surface area contributed by atoms with Gasteiger partial charge >= 0.3 is 0 Å². The van der Waals surface area contributed by atoms with E-state index < -0.39 is 6.04 Å². The number of amides is 1. The summed E-state index contributed by atoms with van der Waals surface area (Å²) < 4.78 is 4.27. The molecule has 9 heteroatoms. The van der Waals surface area contributed by atoms with Gasteiger partial charge in [0.25, 0.3) is 0 Å². The van der Waals surface area contributed by atoms with Gasteiger partial charge in [0.1, 0.15) is 6.04 Å². The summed E-state index contributed by atoms with van der Waals surface area (Å²) in [5.41, 5.74) is 2.52. The summed E-state index contributed by atoms with van der Waals surface area (Å²) in [4.78, 5) is 12.6. The van der Waals surface area contributed by atoms with Crippen molar-refractivity contribution in [2.75, 3.05) is 5.32 Å². The van der Waals surface area contributed by atoms with Gasteiger partial charge in [-0.15, -0.1) is 0 Å². The summed E-state index contributed by atoms with van der Waals surface area (Å²) in [7, 11) is 0. The Bertz CT molecular complexity index is 978. The second-order valence-electron chi connectivity index (χ2n) is 6.19. The zero-order chi connectivity index (χ0) is 19.7. The van der Waals surface area contributed by atoms with Gasteiger partial charge in [-0.3, -0.25) is 14.2 Å². The van der Waals surface area contributed by atoms with E-state index in [1.54, 1.807) is 46.7 Å². The zero-order valence-electron chi connectivity index (χ0n) is 15.0. The Morgan fingerprint density at radius 3 is 2.48 bits per heavy atom. The molecule has 0 bridgehead atoms. The van der Waals surface area contributed by atoms with Crippen LogP contribution in [0.3, 0.4) is 0 Å². The van der Waals surface area contributed by atoms with Gasteiger partial charge in [0, 0.05) is 27.9 Å². The average molecular weight is 471 g/mol. The highest BCUT2D eigenvalue weighted by atomic mass is 79.9. The Morgan fingerprint density at radius 2 is 1.89 bits per heavy atom. The van der Waals surface area contributed by atoms with Crippen LogP contribution in [0.4, 0.5) is 5.82 Å². The minimum Gasteiger partial charge on any atom is -0.307 e. The molecule has 142 valence electrons. The lowest BCUT2D eigenvalue weighted by molar-refractivity contribution is -0.119. The molecule has 2 aromatic heterocycles. The quantitative estimate of drug-likeness (QED) is 0.569. The second-order valence-corrected chi connectivity index (χ2v) is 7.80. The summed E-state index contributed by atoms with van der Waals surface area (Å²) in [5.74, 6) is 0.254. The number of halogens is 3. The lowest BCUT2D eigenvalue weighted by Gasteiger charge is -2.13. The van der Waals surface area contributed by atoms with Crippen LogP contribution in [0, 0.1) is 13.8 Å². The molecule has 6 nitrogen and oxygen atoms in total. The lowest BCUT2D eigenvalue weighted by atomic mass is 10.2. The van der Waals surface area contributed by atoms with Crippen LogP contribution in [0.1, 0.15) is 29.9 Å². The first-order chi connectivity index (χ1) is 12.8. The molecule has 3 aromatic rings. The number of aromatic nitrogens is 4. The number of carbonyl (C=O) groups excluding carboxylic acids is 1. The molecule has 0 aliphatic carbocycles. The molecule has 0 spiro atoms. The number of aryl methyl sites for hydroxylation is 1. The minimum absolute atomic E-state index is 0.200. The first kappa shape index (κ1) is 19.9. The summed E-state index contributed by atoms with van der Waals surface area (Å²) in [5, 5.41) is 12.8. The van der Waals surface area contributed by atoms with Crippen LogP contribution in [0.2, 0.25) is 10.0 Å². The van der Waals surface area contributed by atoms with E-state index in [-0.39, 0.29) is 5.91 Å². The van der Waals surface area contributed by atoms with Crippen molar-refractivity contribution in [2.24, 2.45) is 0 Å². The molecular weight excluding hydrogens is 453 g/mol. The third kappa shape index (κ3) is 4.20. The molecule has 0 aliphatic rings. The molecule has 0 saturated carbocycles. The van der Waals surface area contributed by atoms with Crippen molar-refractivity contribution >= 4 is 50.9 Å². The smallest absolute Gasteiger partial charge is 0.250 e. The highest BCUT2D eigenvalue weighted by Gasteiger charge is 2.21. The summed E-state index contributed by atoms with van der Waals surface area (Å²) in [6.45, 7) is 6.01. The zero-order valence-corrected chi connectivity index (χ0v) is 18.1. The molecule has 3 rings (SSSR count). The van der Waals surface area contributed by atoms with Gasteiger partial charge in [0.2, 0.25) is 5.91 Å². The van der Waals surface area contributed by atoms with Crippen molar-refractivity contribution in [3.63, 3.8) is 0 Å². The van der Waals surface area contributed by atoms with E-state index in [9.17, 15) is 4.79 Å². The molecule has 0 radical (unpaired) electrons. The van der Waals surface area contributed by atoms with Gasteiger partial charge in [-0.05, 0) is 48.8 Å². The number of benzene rings is 1. The Labute approximate surface area is 175 Å². The topological polar surface area (TPSA) is 64.7 Å². The number of hydrogen-bond acceptors (Lipinski definition) is 3. The van der Waals surface area contributed by atoms with Crippen LogP contribution < -0.4 is 5.32 Å². The van der Waals surface area contributed by atoms with Crippen molar-refractivity contribution in [3.05, 3.63) is 61.9 Å². The molecule has 1 aromatic carbocycles. The van der Waals surface area contributed by atoms with Gasteiger partial charge < -0.3 is 5.32 Å². The number of hydrogen-bond donors (Lipinski definition) is 1. The molecule has 1 amide bonds. The second kappa shape index (κ2) is 8.04. The normalized spacial score (nSPS) is 12.2. The largest absolute Gasteiger partial charge is 0.307 e. The fourth-order valence-electron chi connectivity index (χ4n) is 2.72. The lowest BCUT2D eigenvalue weighted by Crippen LogP contribution is -2.25. The van der Waals surface area contributed by atoms with Gasteiger partial charge in [-0.2, -0.15) is 10.2 Å². The minimum atomic E-state index is -0.474. The van der Waals surface area contributed by atoms with Gasteiger partial charge in [0.05, 0.1) is 22.4 Å². The molecule has 1 N–H and O–H groups in total. The van der Waals surface area contributed by atoms with Crippen LogP contribution in [0.25, 0.3) is 0 Å². The SMILES string of the molecule is Cc1nn(C(C)C(=O)Nc2ccn(Cc3c(Cl)cccc3Cl)n2)c(C)c1Br. The van der Waals surface area contributed by atoms with E-state index in [4.69, 9.17) is 23.2 Å². The molecule has 0 aliphatic heterocycles. The summed E-state index contributed by atoms with van der Waals surface area (Å²) in [6.07, 6.45) is 1.76. The van der Waals surface area contributed by atoms with Gasteiger partial charge in [-0.1, -0.05) is 29.3 Å². The fraction of sp³-hybridized carbons (Fsp3) is 0.278. The molecular formula is C18H18BrCl2N5O. The Balaban J connectivity index is 1.72. The predicted molar refractivity (Wildman–Crippen MR) is 111 cm³/mol. The third-order valence-electron chi connectivity index (χ3n) is 4.26. The van der Waals surface area contributed by atoms with E-state index in [0.717, 1.165) is 21.4 Å². The van der Waals surface area contributed by atoms with E-state index >= 15 is 0 Å². The summed E-state index contributed by atoms with van der Waals surface area (Å²) >= 11 is 15.9. The van der Waals surface area contributed by atoms with Crippen molar-refractivity contribution in [2.45, 2.75) is 33.4 Å². The number of carbonyl (C=O) groups is 1. The standard InChI is InChI=1S/C18H18BrCl2N5O/c1-10-17(19)11(2)26(23-10)12(3)18(27)22-16-7-8-25(24-16)9-13-14(20)5-4-6-15(13)21/h4-8,12H,9H2,1-3H3,(H,22,24,27). The van der Waals surface area contributed by atoms with Crippen LogP contribution in [-0.2, 0) is 11.3 Å². The first-order valence-electron chi connectivity index (χ1n) is 8.26. The summed E-state index contributed by atoms with van der Waals surface area (Å²) in [6, 6.07) is 6.61. The Morgan fingerprint density at radius 1 is 1.22 bits per heavy atom. The highest BCUT2D eigenvalue weighted by molar-refractivity contribution is 9.10. The third-order valence-corrected chi connectivity index (χ3v) is 6.11. The number of nitrogens with one attached hydrogen (secondary N) is 1. The number of rotatable bonds is 5. The van der Waals surface area contributed by atoms with Gasteiger partial charge in [-0.25, -0.2) is 0 Å².